The molecule has 7 heteroatoms. The molecule has 1 heterocycles. The highest BCUT2D eigenvalue weighted by Gasteiger charge is 2.45. The zero-order valence-corrected chi connectivity index (χ0v) is 10.1. The maximum atomic E-state index is 12.5. The van der Waals surface area contributed by atoms with Gasteiger partial charge in [0.2, 0.25) is 0 Å². The van der Waals surface area contributed by atoms with E-state index in [1.807, 2.05) is 0 Å². The maximum Gasteiger partial charge on any atom is 0.405 e. The summed E-state index contributed by atoms with van der Waals surface area (Å²) in [6.07, 6.45) is -3.31. The molecule has 0 amide bonds. The van der Waals surface area contributed by atoms with Crippen LogP contribution in [0.2, 0.25) is 0 Å². The molecule has 1 atom stereocenters. The Kier molecular flexibility index (Phi) is 3.78. The minimum absolute atomic E-state index is 0.172. The first-order valence-corrected chi connectivity index (χ1v) is 5.65. The van der Waals surface area contributed by atoms with E-state index in [1.165, 1.54) is 6.07 Å². The molecule has 2 aromatic rings. The van der Waals surface area contributed by atoms with Gasteiger partial charge in [-0.05, 0) is 24.3 Å². The molecule has 20 heavy (non-hydrogen) atoms. The van der Waals surface area contributed by atoms with Crippen molar-refractivity contribution in [3.63, 3.8) is 0 Å². The van der Waals surface area contributed by atoms with E-state index < -0.39 is 24.7 Å². The third-order valence-corrected chi connectivity index (χ3v) is 2.70. The van der Waals surface area contributed by atoms with E-state index in [9.17, 15) is 18.0 Å². The van der Waals surface area contributed by atoms with Crippen molar-refractivity contribution >= 4 is 16.9 Å². The second-order valence-corrected chi connectivity index (χ2v) is 4.07. The summed E-state index contributed by atoms with van der Waals surface area (Å²) in [6, 6.07) is 7.99. The fraction of sp³-hybridized carbons (Fsp3) is 0.231. The summed E-state index contributed by atoms with van der Waals surface area (Å²) < 4.78 is 42.6. The SMILES string of the molecule is O=C(O)C(COc1cccc2ncccc12)C(F)(F)F. The number of pyridine rings is 1. The molecule has 0 aliphatic heterocycles. The van der Waals surface area contributed by atoms with E-state index >= 15 is 0 Å². The number of carboxylic acids is 1. The maximum absolute atomic E-state index is 12.5. The van der Waals surface area contributed by atoms with Gasteiger partial charge in [-0.15, -0.1) is 0 Å². The van der Waals surface area contributed by atoms with E-state index in [1.54, 1.807) is 30.5 Å². The van der Waals surface area contributed by atoms with Gasteiger partial charge in [-0.25, -0.2) is 0 Å². The topological polar surface area (TPSA) is 59.4 Å². The average Bonchev–Trinajstić information content (AvgIpc) is 2.37. The molecule has 0 saturated carbocycles. The third kappa shape index (κ3) is 2.98. The van der Waals surface area contributed by atoms with Crippen LogP contribution in [0.1, 0.15) is 0 Å². The molecule has 106 valence electrons. The van der Waals surface area contributed by atoms with Gasteiger partial charge in [-0.1, -0.05) is 6.07 Å². The van der Waals surface area contributed by atoms with Crippen molar-refractivity contribution in [2.45, 2.75) is 6.18 Å². The number of halogens is 3. The van der Waals surface area contributed by atoms with Crippen molar-refractivity contribution in [2.75, 3.05) is 6.61 Å². The van der Waals surface area contributed by atoms with Gasteiger partial charge in [-0.2, -0.15) is 13.2 Å². The van der Waals surface area contributed by atoms with E-state index in [0.717, 1.165) is 0 Å². The van der Waals surface area contributed by atoms with Gasteiger partial charge in [0.05, 0.1) is 5.52 Å². The summed E-state index contributed by atoms with van der Waals surface area (Å²) >= 11 is 0. The second kappa shape index (κ2) is 5.36. The van der Waals surface area contributed by atoms with Gasteiger partial charge in [0.1, 0.15) is 12.4 Å². The molecule has 0 saturated heterocycles. The number of nitrogens with zero attached hydrogens (tertiary/aromatic N) is 1. The highest BCUT2D eigenvalue weighted by atomic mass is 19.4. The molecule has 0 aliphatic carbocycles. The summed E-state index contributed by atoms with van der Waals surface area (Å²) in [7, 11) is 0. The van der Waals surface area contributed by atoms with Crippen molar-refractivity contribution in [1.29, 1.82) is 0 Å². The van der Waals surface area contributed by atoms with Gasteiger partial charge in [-0.3, -0.25) is 9.78 Å². The Balaban J connectivity index is 2.22. The Morgan fingerprint density at radius 3 is 2.70 bits per heavy atom. The number of alkyl halides is 3. The van der Waals surface area contributed by atoms with Crippen LogP contribution in [0.15, 0.2) is 36.5 Å². The van der Waals surface area contributed by atoms with Crippen molar-refractivity contribution in [3.8, 4) is 5.75 Å². The number of hydrogen-bond acceptors (Lipinski definition) is 3. The molecular weight excluding hydrogens is 275 g/mol. The first-order valence-electron chi connectivity index (χ1n) is 5.65. The molecule has 0 aliphatic rings. The van der Waals surface area contributed by atoms with Crippen LogP contribution < -0.4 is 4.74 Å². The zero-order chi connectivity index (χ0) is 14.8. The number of hydrogen-bond donors (Lipinski definition) is 1. The van der Waals surface area contributed by atoms with E-state index in [4.69, 9.17) is 9.84 Å². The molecule has 1 aromatic heterocycles. The summed E-state index contributed by atoms with van der Waals surface area (Å²) in [5.41, 5.74) is 0.559. The number of ether oxygens (including phenoxy) is 1. The van der Waals surface area contributed by atoms with Gasteiger partial charge >= 0.3 is 12.1 Å². The lowest BCUT2D eigenvalue weighted by Gasteiger charge is -2.17. The number of aliphatic carboxylic acids is 1. The zero-order valence-electron chi connectivity index (χ0n) is 10.1. The number of fused-ring (bicyclic) bond motifs is 1. The molecule has 0 spiro atoms. The smallest absolute Gasteiger partial charge is 0.405 e. The van der Waals surface area contributed by atoms with Crippen molar-refractivity contribution in [1.82, 2.24) is 4.98 Å². The molecular formula is C13H10F3NO3. The van der Waals surface area contributed by atoms with Crippen LogP contribution in [-0.2, 0) is 4.79 Å². The van der Waals surface area contributed by atoms with Gasteiger partial charge in [0, 0.05) is 11.6 Å². The van der Waals surface area contributed by atoms with Crippen LogP contribution in [0.3, 0.4) is 0 Å². The molecule has 0 fully saturated rings. The number of carboxylic acid groups (broad SMARTS) is 1. The lowest BCUT2D eigenvalue weighted by atomic mass is 10.1. The molecule has 0 radical (unpaired) electrons. The Bertz CT molecular complexity index is 622. The van der Waals surface area contributed by atoms with Gasteiger partial charge in [0.25, 0.3) is 0 Å². The number of carbonyl (C=O) groups is 1. The lowest BCUT2D eigenvalue weighted by molar-refractivity contribution is -0.198. The van der Waals surface area contributed by atoms with E-state index in [0.29, 0.717) is 10.9 Å². The minimum atomic E-state index is -4.85. The molecule has 1 unspecified atom stereocenters. The normalized spacial score (nSPS) is 13.2. The molecule has 1 N–H and O–H groups in total. The Morgan fingerprint density at radius 1 is 1.30 bits per heavy atom. The number of rotatable bonds is 4. The third-order valence-electron chi connectivity index (χ3n) is 2.70. The van der Waals surface area contributed by atoms with Crippen LogP contribution in [-0.4, -0.2) is 28.8 Å². The number of benzene rings is 1. The predicted molar refractivity (Wildman–Crippen MR) is 64.4 cm³/mol. The summed E-state index contributed by atoms with van der Waals surface area (Å²) in [4.78, 5) is 14.7. The Hall–Kier alpha value is -2.31. The fourth-order valence-corrected chi connectivity index (χ4v) is 1.68. The predicted octanol–water partition coefficient (Wildman–Crippen LogP) is 2.88. The van der Waals surface area contributed by atoms with Crippen molar-refractivity contribution in [3.05, 3.63) is 36.5 Å². The minimum Gasteiger partial charge on any atom is -0.492 e. The van der Waals surface area contributed by atoms with Crippen LogP contribution in [0, 0.1) is 5.92 Å². The van der Waals surface area contributed by atoms with E-state index in [2.05, 4.69) is 4.98 Å². The van der Waals surface area contributed by atoms with Gasteiger partial charge in [0.15, 0.2) is 5.92 Å². The van der Waals surface area contributed by atoms with Crippen LogP contribution in [0.25, 0.3) is 10.9 Å². The molecule has 0 bridgehead atoms. The number of aromatic nitrogens is 1. The monoisotopic (exact) mass is 285 g/mol. The highest BCUT2D eigenvalue weighted by molar-refractivity contribution is 5.84. The second-order valence-electron chi connectivity index (χ2n) is 4.07. The van der Waals surface area contributed by atoms with Crippen LogP contribution >= 0.6 is 0 Å². The van der Waals surface area contributed by atoms with Crippen LogP contribution in [0.5, 0.6) is 5.75 Å². The first kappa shape index (κ1) is 14.1. The fourth-order valence-electron chi connectivity index (χ4n) is 1.68. The highest BCUT2D eigenvalue weighted by Crippen LogP contribution is 2.29. The average molecular weight is 285 g/mol. The first-order chi connectivity index (χ1) is 9.39. The van der Waals surface area contributed by atoms with Gasteiger partial charge < -0.3 is 9.84 Å². The molecule has 1 aromatic carbocycles. The summed E-state index contributed by atoms with van der Waals surface area (Å²) in [5.74, 6) is -4.35. The summed E-state index contributed by atoms with van der Waals surface area (Å²) in [6.45, 7) is -0.979. The summed E-state index contributed by atoms with van der Waals surface area (Å²) in [5, 5.41) is 9.12. The lowest BCUT2D eigenvalue weighted by Crippen LogP contribution is -2.35. The Labute approximate surface area is 111 Å². The quantitative estimate of drug-likeness (QED) is 0.938. The van der Waals surface area contributed by atoms with Crippen molar-refractivity contribution < 1.29 is 27.8 Å². The molecule has 2 rings (SSSR count). The standard InChI is InChI=1S/C13H10F3NO3/c14-13(15,16)9(12(18)19)7-20-11-5-1-4-10-8(11)3-2-6-17-10/h1-6,9H,7H2,(H,18,19). The Morgan fingerprint density at radius 2 is 2.05 bits per heavy atom. The van der Waals surface area contributed by atoms with Crippen LogP contribution in [0.4, 0.5) is 13.2 Å². The largest absolute Gasteiger partial charge is 0.492 e. The van der Waals surface area contributed by atoms with E-state index in [-0.39, 0.29) is 5.75 Å². The van der Waals surface area contributed by atoms with Crippen molar-refractivity contribution in [2.24, 2.45) is 5.92 Å². The molecule has 4 nitrogen and oxygen atoms in total.